The number of methoxy groups -OCH3 is 1. The number of nitrogens with one attached hydrogen (secondary N) is 1. The monoisotopic (exact) mass is 342 g/mol. The molecule has 0 saturated heterocycles. The molecule has 0 bridgehead atoms. The molecule has 7 heteroatoms. The molecular weight excluding hydrogens is 320 g/mol. The number of hydrogen-bond donors (Lipinski definition) is 1. The average Bonchev–Trinajstić information content (AvgIpc) is 3.16. The van der Waals surface area contributed by atoms with Gasteiger partial charge in [0.1, 0.15) is 5.82 Å². The van der Waals surface area contributed by atoms with Crippen molar-refractivity contribution < 1.29 is 14.3 Å². The second-order valence-electron chi connectivity index (χ2n) is 5.40. The molecule has 2 aromatic rings. The first-order chi connectivity index (χ1) is 12.1. The quantitative estimate of drug-likeness (QED) is 0.743. The number of imidazole rings is 1. The fraction of sp³-hybridized carbons (Fsp3) is 0.278. The van der Waals surface area contributed by atoms with Crippen LogP contribution >= 0.6 is 0 Å². The molecule has 0 radical (unpaired) electrons. The Bertz CT molecular complexity index is 710. The predicted octanol–water partition coefficient (Wildman–Crippen LogP) is 1.85. The summed E-state index contributed by atoms with van der Waals surface area (Å²) in [6.07, 6.45) is 4.61. The van der Waals surface area contributed by atoms with E-state index in [2.05, 4.69) is 16.5 Å². The van der Waals surface area contributed by atoms with Crippen molar-refractivity contribution in [2.45, 2.75) is 6.54 Å². The zero-order chi connectivity index (χ0) is 18.2. The summed E-state index contributed by atoms with van der Waals surface area (Å²) in [6.45, 7) is 4.72. The topological polar surface area (TPSA) is 78.5 Å². The van der Waals surface area contributed by atoms with Gasteiger partial charge in [-0.25, -0.2) is 4.98 Å². The van der Waals surface area contributed by atoms with Gasteiger partial charge in [0, 0.05) is 44.3 Å². The minimum absolute atomic E-state index is 0.127. The highest BCUT2D eigenvalue weighted by atomic mass is 16.5. The van der Waals surface area contributed by atoms with E-state index >= 15 is 0 Å². The lowest BCUT2D eigenvalue weighted by molar-refractivity contribution is -0.113. The largest absolute Gasteiger partial charge is 0.383 e. The van der Waals surface area contributed by atoms with E-state index in [1.807, 2.05) is 0 Å². The molecule has 132 valence electrons. The first-order valence-corrected chi connectivity index (χ1v) is 7.83. The summed E-state index contributed by atoms with van der Waals surface area (Å²) in [4.78, 5) is 34.7. The van der Waals surface area contributed by atoms with Gasteiger partial charge >= 0.3 is 0 Å². The van der Waals surface area contributed by atoms with E-state index < -0.39 is 0 Å². The van der Waals surface area contributed by atoms with Gasteiger partial charge < -0.3 is 19.5 Å². The molecule has 0 saturated carbocycles. The van der Waals surface area contributed by atoms with Crippen molar-refractivity contribution in [3.8, 4) is 0 Å². The molecule has 0 aliphatic heterocycles. The van der Waals surface area contributed by atoms with Gasteiger partial charge in [-0.15, -0.1) is 0 Å². The number of aromatic amines is 1. The molecular formula is C18H22N4O3. The van der Waals surface area contributed by atoms with Crippen molar-refractivity contribution in [3.05, 3.63) is 60.7 Å². The maximum atomic E-state index is 12.8. The van der Waals surface area contributed by atoms with Crippen LogP contribution in [0.2, 0.25) is 0 Å². The average molecular weight is 342 g/mol. The van der Waals surface area contributed by atoms with E-state index in [0.717, 1.165) is 0 Å². The Morgan fingerprint density at radius 1 is 1.32 bits per heavy atom. The highest BCUT2D eigenvalue weighted by molar-refractivity contribution is 6.01. The van der Waals surface area contributed by atoms with Crippen LogP contribution in [0.3, 0.4) is 0 Å². The van der Waals surface area contributed by atoms with E-state index in [-0.39, 0.29) is 11.8 Å². The number of nitrogens with zero attached hydrogens (tertiary/aromatic N) is 3. The zero-order valence-corrected chi connectivity index (χ0v) is 14.4. The van der Waals surface area contributed by atoms with Crippen LogP contribution in [0.1, 0.15) is 16.2 Å². The molecule has 1 aromatic heterocycles. The molecule has 0 unspecified atom stereocenters. The van der Waals surface area contributed by atoms with Crippen molar-refractivity contribution in [1.82, 2.24) is 14.9 Å². The standard InChI is InChI=1S/C18H22N4O3/c1-4-17(23)21(2)15-7-5-14(6-8-15)18(24)22(11-12-25-3)13-16-19-9-10-20-16/h4-10H,1,11-13H2,2-3H3,(H,19,20). The van der Waals surface area contributed by atoms with Crippen LogP contribution in [-0.4, -0.2) is 54.0 Å². The van der Waals surface area contributed by atoms with Crippen LogP contribution in [0.25, 0.3) is 0 Å². The van der Waals surface area contributed by atoms with Gasteiger partial charge in [-0.1, -0.05) is 6.58 Å². The van der Waals surface area contributed by atoms with Crippen LogP contribution in [0.15, 0.2) is 49.3 Å². The normalized spacial score (nSPS) is 10.3. The summed E-state index contributed by atoms with van der Waals surface area (Å²) in [5, 5.41) is 0. The number of hydrogen-bond acceptors (Lipinski definition) is 4. The fourth-order valence-electron chi connectivity index (χ4n) is 2.29. The van der Waals surface area contributed by atoms with Crippen LogP contribution in [0.5, 0.6) is 0 Å². The van der Waals surface area contributed by atoms with Crippen LogP contribution < -0.4 is 4.90 Å². The number of benzene rings is 1. The fourth-order valence-corrected chi connectivity index (χ4v) is 2.29. The Balaban J connectivity index is 2.14. The maximum absolute atomic E-state index is 12.8. The molecule has 0 fully saturated rings. The lowest BCUT2D eigenvalue weighted by Gasteiger charge is -2.22. The first-order valence-electron chi connectivity index (χ1n) is 7.83. The van der Waals surface area contributed by atoms with E-state index in [0.29, 0.717) is 36.8 Å². The molecule has 7 nitrogen and oxygen atoms in total. The van der Waals surface area contributed by atoms with Gasteiger partial charge in [0.25, 0.3) is 5.91 Å². The number of anilines is 1. The van der Waals surface area contributed by atoms with E-state index in [1.165, 1.54) is 11.0 Å². The number of H-pyrrole nitrogens is 1. The van der Waals surface area contributed by atoms with Gasteiger partial charge in [-0.3, -0.25) is 9.59 Å². The molecule has 0 aliphatic rings. The minimum atomic E-state index is -0.210. The lowest BCUT2D eigenvalue weighted by atomic mass is 10.1. The van der Waals surface area contributed by atoms with Crippen molar-refractivity contribution in [1.29, 1.82) is 0 Å². The number of amides is 2. The molecule has 0 spiro atoms. The number of ether oxygens (including phenoxy) is 1. The van der Waals surface area contributed by atoms with Crippen LogP contribution in [0, 0.1) is 0 Å². The number of rotatable bonds is 8. The molecule has 1 heterocycles. The van der Waals surface area contributed by atoms with Crippen molar-refractivity contribution >= 4 is 17.5 Å². The Hall–Kier alpha value is -2.93. The molecule has 0 atom stereocenters. The Labute approximate surface area is 146 Å². The van der Waals surface area contributed by atoms with Crippen molar-refractivity contribution in [3.63, 3.8) is 0 Å². The van der Waals surface area contributed by atoms with Gasteiger partial charge in [-0.2, -0.15) is 0 Å². The molecule has 1 aromatic carbocycles. The third-order valence-corrected chi connectivity index (χ3v) is 3.75. The third-order valence-electron chi connectivity index (χ3n) is 3.75. The van der Waals surface area contributed by atoms with Crippen LogP contribution in [0.4, 0.5) is 5.69 Å². The third kappa shape index (κ3) is 4.77. The van der Waals surface area contributed by atoms with Gasteiger partial charge in [-0.05, 0) is 30.3 Å². The second kappa shape index (κ2) is 8.79. The van der Waals surface area contributed by atoms with Crippen LogP contribution in [-0.2, 0) is 16.1 Å². The number of likely N-dealkylation sites (N-methyl/N-ethyl adjacent to an activating group) is 1. The summed E-state index contributed by atoms with van der Waals surface area (Å²) in [7, 11) is 3.25. The number of aromatic nitrogens is 2. The highest BCUT2D eigenvalue weighted by Crippen LogP contribution is 2.16. The summed E-state index contributed by atoms with van der Waals surface area (Å²) in [5.41, 5.74) is 1.22. The van der Waals surface area contributed by atoms with E-state index in [9.17, 15) is 9.59 Å². The lowest BCUT2D eigenvalue weighted by Crippen LogP contribution is -2.34. The number of carbonyl (C=O) groups is 2. The smallest absolute Gasteiger partial charge is 0.254 e. The minimum Gasteiger partial charge on any atom is -0.383 e. The van der Waals surface area contributed by atoms with E-state index in [1.54, 1.807) is 55.7 Å². The molecule has 1 N–H and O–H groups in total. The first kappa shape index (κ1) is 18.4. The van der Waals surface area contributed by atoms with E-state index in [4.69, 9.17) is 4.74 Å². The molecule has 2 amide bonds. The van der Waals surface area contributed by atoms with Gasteiger partial charge in [0.05, 0.1) is 13.2 Å². The molecule has 0 aliphatic carbocycles. The van der Waals surface area contributed by atoms with Crippen molar-refractivity contribution in [2.75, 3.05) is 32.2 Å². The highest BCUT2D eigenvalue weighted by Gasteiger charge is 2.17. The molecule has 25 heavy (non-hydrogen) atoms. The SMILES string of the molecule is C=CC(=O)N(C)c1ccc(C(=O)N(CCOC)Cc2ncc[nH]2)cc1. The summed E-state index contributed by atoms with van der Waals surface area (Å²) >= 11 is 0. The Morgan fingerprint density at radius 3 is 2.60 bits per heavy atom. The second-order valence-corrected chi connectivity index (χ2v) is 5.40. The number of carbonyl (C=O) groups excluding carboxylic acids is 2. The molecule has 2 rings (SSSR count). The van der Waals surface area contributed by atoms with Gasteiger partial charge in [0.15, 0.2) is 0 Å². The Morgan fingerprint density at radius 2 is 2.04 bits per heavy atom. The maximum Gasteiger partial charge on any atom is 0.254 e. The predicted molar refractivity (Wildman–Crippen MR) is 95.3 cm³/mol. The van der Waals surface area contributed by atoms with Crippen molar-refractivity contribution in [2.24, 2.45) is 0 Å². The summed E-state index contributed by atoms with van der Waals surface area (Å²) in [6, 6.07) is 6.87. The summed E-state index contributed by atoms with van der Waals surface area (Å²) in [5.74, 6) is 0.369. The Kier molecular flexibility index (Phi) is 6.47. The summed E-state index contributed by atoms with van der Waals surface area (Å²) < 4.78 is 5.09. The van der Waals surface area contributed by atoms with Gasteiger partial charge in [0.2, 0.25) is 5.91 Å². The zero-order valence-electron chi connectivity index (χ0n) is 14.4.